The van der Waals surface area contributed by atoms with Crippen LogP contribution in [0.1, 0.15) is 20.7 Å². The molecule has 23 heavy (non-hydrogen) atoms. The molecule has 0 fully saturated rings. The molecular weight excluding hydrogens is 310 g/mol. The van der Waals surface area contributed by atoms with E-state index in [9.17, 15) is 14.7 Å². The van der Waals surface area contributed by atoms with E-state index < -0.39 is 5.97 Å². The minimum atomic E-state index is -1.29. The number of hydrogen-bond donors (Lipinski definition) is 0. The van der Waals surface area contributed by atoms with Crippen LogP contribution in [0, 0.1) is 0 Å². The summed E-state index contributed by atoms with van der Waals surface area (Å²) in [5.41, 5.74) is 0.603. The number of ketones is 1. The molecule has 0 spiro atoms. The average Bonchev–Trinajstić information content (AvgIpc) is 2.59. The number of rotatable bonds is 5. The normalized spacial score (nSPS) is 10.6. The third kappa shape index (κ3) is 3.40. The highest BCUT2D eigenvalue weighted by atomic mass is 32.2. The van der Waals surface area contributed by atoms with Gasteiger partial charge in [0.05, 0.1) is 11.7 Å². The summed E-state index contributed by atoms with van der Waals surface area (Å²) in [7, 11) is 0. The molecule has 3 aromatic rings. The SMILES string of the molecule is O=C(CSc1ncccc1C(=O)[O-])c1ccc2ccccc2c1. The molecule has 0 N–H and O–H groups in total. The van der Waals surface area contributed by atoms with Crippen LogP contribution in [0.15, 0.2) is 65.8 Å². The molecule has 0 aliphatic carbocycles. The summed E-state index contributed by atoms with van der Waals surface area (Å²) in [5.74, 6) is -1.25. The Morgan fingerprint density at radius 2 is 1.78 bits per heavy atom. The lowest BCUT2D eigenvalue weighted by molar-refractivity contribution is -0.255. The molecule has 0 atom stereocenters. The smallest absolute Gasteiger partial charge is 0.173 e. The summed E-state index contributed by atoms with van der Waals surface area (Å²) < 4.78 is 0. The molecule has 4 nitrogen and oxygen atoms in total. The zero-order valence-corrected chi connectivity index (χ0v) is 12.9. The molecule has 0 amide bonds. The standard InChI is InChI=1S/C18H13NO3S/c20-16(11-23-17-15(18(21)22)6-3-9-19-17)14-8-7-12-4-1-2-5-13(12)10-14/h1-10H,11H2,(H,21,22)/p-1. The Balaban J connectivity index is 1.77. The Morgan fingerprint density at radius 1 is 1.00 bits per heavy atom. The first-order valence-electron chi connectivity index (χ1n) is 6.96. The molecule has 1 aromatic heterocycles. The summed E-state index contributed by atoms with van der Waals surface area (Å²) in [6.07, 6.45) is 1.50. The van der Waals surface area contributed by atoms with E-state index in [-0.39, 0.29) is 17.1 Å². The van der Waals surface area contributed by atoms with Gasteiger partial charge in [-0.2, -0.15) is 0 Å². The lowest BCUT2D eigenvalue weighted by Crippen LogP contribution is -2.23. The maximum Gasteiger partial charge on any atom is 0.173 e. The predicted molar refractivity (Wildman–Crippen MR) is 87.6 cm³/mol. The number of nitrogens with zero attached hydrogens (tertiary/aromatic N) is 1. The second-order valence-electron chi connectivity index (χ2n) is 4.92. The van der Waals surface area contributed by atoms with Crippen molar-refractivity contribution in [3.05, 3.63) is 71.9 Å². The van der Waals surface area contributed by atoms with Gasteiger partial charge in [-0.3, -0.25) is 4.79 Å². The number of carbonyl (C=O) groups is 2. The van der Waals surface area contributed by atoms with Gasteiger partial charge in [-0.25, -0.2) is 4.98 Å². The van der Waals surface area contributed by atoms with E-state index in [0.717, 1.165) is 22.5 Å². The van der Waals surface area contributed by atoms with Crippen molar-refractivity contribution in [2.75, 3.05) is 5.75 Å². The van der Waals surface area contributed by atoms with Crippen LogP contribution in [-0.4, -0.2) is 22.5 Å². The molecule has 2 aromatic carbocycles. The van der Waals surface area contributed by atoms with Gasteiger partial charge in [-0.1, -0.05) is 48.2 Å². The number of Topliss-reactive ketones (excluding diaryl/α,β-unsaturated/α-hetero) is 1. The maximum absolute atomic E-state index is 12.3. The minimum absolute atomic E-state index is 0.00353. The molecule has 0 aliphatic rings. The van der Waals surface area contributed by atoms with Crippen LogP contribution >= 0.6 is 11.8 Å². The molecule has 5 heteroatoms. The number of carbonyl (C=O) groups excluding carboxylic acids is 2. The van der Waals surface area contributed by atoms with Crippen LogP contribution in [0.25, 0.3) is 10.8 Å². The highest BCUT2D eigenvalue weighted by Crippen LogP contribution is 2.22. The molecule has 0 saturated heterocycles. The van der Waals surface area contributed by atoms with Gasteiger partial charge in [0.1, 0.15) is 5.03 Å². The number of thioether (sulfide) groups is 1. The van der Waals surface area contributed by atoms with Crippen LogP contribution in [0.3, 0.4) is 0 Å². The fraction of sp³-hybridized carbons (Fsp3) is 0.0556. The third-order valence-corrected chi connectivity index (χ3v) is 4.41. The number of hydrogen-bond acceptors (Lipinski definition) is 5. The Morgan fingerprint density at radius 3 is 2.57 bits per heavy atom. The van der Waals surface area contributed by atoms with E-state index >= 15 is 0 Å². The summed E-state index contributed by atoms with van der Waals surface area (Å²) >= 11 is 1.10. The number of fused-ring (bicyclic) bond motifs is 1. The van der Waals surface area contributed by atoms with Crippen LogP contribution in [0.5, 0.6) is 0 Å². The highest BCUT2D eigenvalue weighted by Gasteiger charge is 2.11. The Labute approximate surface area is 137 Å². The number of carboxylic acids is 1. The zero-order chi connectivity index (χ0) is 16.2. The van der Waals surface area contributed by atoms with Crippen molar-refractivity contribution in [1.29, 1.82) is 0 Å². The van der Waals surface area contributed by atoms with Gasteiger partial charge in [0.25, 0.3) is 0 Å². The minimum Gasteiger partial charge on any atom is -0.545 e. The van der Waals surface area contributed by atoms with Gasteiger partial charge < -0.3 is 9.90 Å². The number of carboxylic acid groups (broad SMARTS) is 1. The molecule has 1 heterocycles. The van der Waals surface area contributed by atoms with E-state index in [0.29, 0.717) is 10.6 Å². The van der Waals surface area contributed by atoms with Crippen molar-refractivity contribution in [1.82, 2.24) is 4.98 Å². The van der Waals surface area contributed by atoms with Crippen molar-refractivity contribution < 1.29 is 14.7 Å². The number of aromatic carboxylic acids is 1. The van der Waals surface area contributed by atoms with Crippen molar-refractivity contribution in [2.24, 2.45) is 0 Å². The first kappa shape index (κ1) is 15.2. The lowest BCUT2D eigenvalue weighted by atomic mass is 10.1. The second kappa shape index (κ2) is 6.62. The van der Waals surface area contributed by atoms with Gasteiger partial charge in [0, 0.05) is 17.3 Å². The predicted octanol–water partition coefficient (Wildman–Crippen LogP) is 2.57. The van der Waals surface area contributed by atoms with Gasteiger partial charge >= 0.3 is 0 Å². The van der Waals surface area contributed by atoms with Gasteiger partial charge in [-0.15, -0.1) is 0 Å². The van der Waals surface area contributed by atoms with E-state index in [1.54, 1.807) is 6.07 Å². The first-order valence-corrected chi connectivity index (χ1v) is 7.95. The van der Waals surface area contributed by atoms with E-state index in [4.69, 9.17) is 0 Å². The molecular formula is C18H12NO3S-. The number of aromatic nitrogens is 1. The quantitative estimate of drug-likeness (QED) is 0.533. The second-order valence-corrected chi connectivity index (χ2v) is 5.88. The summed E-state index contributed by atoms with van der Waals surface area (Å²) in [6, 6.07) is 16.3. The maximum atomic E-state index is 12.3. The molecule has 0 aliphatic heterocycles. The fourth-order valence-corrected chi connectivity index (χ4v) is 3.12. The van der Waals surface area contributed by atoms with E-state index in [1.807, 2.05) is 36.4 Å². The molecule has 0 saturated carbocycles. The molecule has 0 bridgehead atoms. The average molecular weight is 322 g/mol. The lowest BCUT2D eigenvalue weighted by Gasteiger charge is -2.08. The van der Waals surface area contributed by atoms with Crippen LogP contribution in [-0.2, 0) is 0 Å². The molecule has 3 rings (SSSR count). The third-order valence-electron chi connectivity index (χ3n) is 3.40. The van der Waals surface area contributed by atoms with Gasteiger partial charge in [0.2, 0.25) is 0 Å². The number of pyridine rings is 1. The largest absolute Gasteiger partial charge is 0.545 e. The fourth-order valence-electron chi connectivity index (χ4n) is 2.24. The molecule has 0 unspecified atom stereocenters. The summed E-state index contributed by atoms with van der Waals surface area (Å²) in [6.45, 7) is 0. The van der Waals surface area contributed by atoms with Gasteiger partial charge in [0.15, 0.2) is 5.78 Å². The van der Waals surface area contributed by atoms with Crippen molar-refractivity contribution >= 4 is 34.3 Å². The Bertz CT molecular complexity index is 892. The topological polar surface area (TPSA) is 70.1 Å². The highest BCUT2D eigenvalue weighted by molar-refractivity contribution is 8.00. The summed E-state index contributed by atoms with van der Waals surface area (Å²) in [5, 5.41) is 13.4. The van der Waals surface area contributed by atoms with Crippen LogP contribution in [0.2, 0.25) is 0 Å². The van der Waals surface area contributed by atoms with Crippen molar-refractivity contribution in [3.8, 4) is 0 Å². The Kier molecular flexibility index (Phi) is 4.39. The number of benzene rings is 2. The van der Waals surface area contributed by atoms with Crippen LogP contribution < -0.4 is 5.11 Å². The monoisotopic (exact) mass is 322 g/mol. The van der Waals surface area contributed by atoms with Gasteiger partial charge in [-0.05, 0) is 29.0 Å². The Hall–Kier alpha value is -2.66. The van der Waals surface area contributed by atoms with E-state index in [1.165, 1.54) is 18.3 Å². The van der Waals surface area contributed by atoms with E-state index in [2.05, 4.69) is 4.98 Å². The summed E-state index contributed by atoms with van der Waals surface area (Å²) in [4.78, 5) is 27.4. The molecule has 114 valence electrons. The molecule has 0 radical (unpaired) electrons. The first-order chi connectivity index (χ1) is 11.1. The van der Waals surface area contributed by atoms with Crippen LogP contribution in [0.4, 0.5) is 0 Å². The zero-order valence-electron chi connectivity index (χ0n) is 12.1. The van der Waals surface area contributed by atoms with Crippen molar-refractivity contribution in [3.63, 3.8) is 0 Å². The van der Waals surface area contributed by atoms with Crippen molar-refractivity contribution in [2.45, 2.75) is 5.03 Å².